The predicted octanol–water partition coefficient (Wildman–Crippen LogP) is 2.37. The standard InChI is InChI=1S/C22H22F5N9O/c23-21(24)9-15(35(12-21)17-4-3-16-30-31-19(22(25,26)27)36(16)32-17)18(37)33-5-7-34(8-6-33)20-28-10-14(11-29-20)13-1-2-13/h3-4,10-11,13,15H,1-2,5-9,12H2/t15-/m0/s1. The average Bonchev–Trinajstić information content (AvgIpc) is 3.54. The maximum atomic E-state index is 14.5. The number of halogens is 5. The van der Waals surface area contributed by atoms with Crippen LogP contribution < -0.4 is 9.80 Å². The van der Waals surface area contributed by atoms with Crippen LogP contribution in [-0.2, 0) is 11.0 Å². The Hall–Kier alpha value is -3.65. The van der Waals surface area contributed by atoms with Gasteiger partial charge in [0.2, 0.25) is 11.9 Å². The number of alkyl halides is 5. The maximum absolute atomic E-state index is 14.5. The summed E-state index contributed by atoms with van der Waals surface area (Å²) in [6.07, 6.45) is 0.335. The van der Waals surface area contributed by atoms with E-state index in [1.54, 1.807) is 0 Å². The van der Waals surface area contributed by atoms with E-state index < -0.39 is 42.8 Å². The van der Waals surface area contributed by atoms with Gasteiger partial charge in [0.25, 0.3) is 11.7 Å². The molecule has 0 spiro atoms. The van der Waals surface area contributed by atoms with Gasteiger partial charge in [-0.1, -0.05) is 0 Å². The minimum atomic E-state index is -4.84. The third-order valence-electron chi connectivity index (χ3n) is 6.93. The second-order valence-electron chi connectivity index (χ2n) is 9.59. The molecule has 0 N–H and O–H groups in total. The summed E-state index contributed by atoms with van der Waals surface area (Å²) in [5.74, 6) is -4.20. The van der Waals surface area contributed by atoms with E-state index in [0.717, 1.165) is 23.3 Å². The molecule has 15 heteroatoms. The van der Waals surface area contributed by atoms with Crippen LogP contribution in [0.2, 0.25) is 0 Å². The van der Waals surface area contributed by atoms with E-state index in [4.69, 9.17) is 0 Å². The molecule has 0 radical (unpaired) electrons. The summed E-state index contributed by atoms with van der Waals surface area (Å²) in [6.45, 7) is 0.568. The highest BCUT2D eigenvalue weighted by atomic mass is 19.4. The molecule has 1 amide bonds. The van der Waals surface area contributed by atoms with Gasteiger partial charge in [0.05, 0.1) is 6.54 Å². The van der Waals surface area contributed by atoms with Crippen LogP contribution in [-0.4, -0.2) is 85.3 Å². The topological polar surface area (TPSA) is 95.6 Å². The predicted molar refractivity (Wildman–Crippen MR) is 119 cm³/mol. The van der Waals surface area contributed by atoms with Crippen molar-refractivity contribution in [3.63, 3.8) is 0 Å². The summed E-state index contributed by atoms with van der Waals surface area (Å²) in [7, 11) is 0. The van der Waals surface area contributed by atoms with Gasteiger partial charge >= 0.3 is 6.18 Å². The Bertz CT molecular complexity index is 1320. The molecule has 3 aromatic rings. The van der Waals surface area contributed by atoms with Gasteiger partial charge in [-0.25, -0.2) is 18.7 Å². The van der Waals surface area contributed by atoms with Crippen LogP contribution in [0.25, 0.3) is 5.65 Å². The number of rotatable bonds is 4. The van der Waals surface area contributed by atoms with Gasteiger partial charge in [0.15, 0.2) is 11.5 Å². The third-order valence-corrected chi connectivity index (χ3v) is 6.93. The van der Waals surface area contributed by atoms with E-state index in [-0.39, 0.29) is 24.6 Å². The first-order valence-electron chi connectivity index (χ1n) is 11.9. The Morgan fingerprint density at radius 3 is 2.35 bits per heavy atom. The van der Waals surface area contributed by atoms with E-state index in [0.29, 0.717) is 29.5 Å². The number of anilines is 2. The smallest absolute Gasteiger partial charge is 0.337 e. The Morgan fingerprint density at radius 1 is 1.00 bits per heavy atom. The van der Waals surface area contributed by atoms with E-state index in [1.165, 1.54) is 17.0 Å². The van der Waals surface area contributed by atoms with Crippen LogP contribution >= 0.6 is 0 Å². The zero-order valence-corrected chi connectivity index (χ0v) is 19.4. The monoisotopic (exact) mass is 523 g/mol. The van der Waals surface area contributed by atoms with E-state index in [2.05, 4.69) is 25.3 Å². The molecule has 2 saturated heterocycles. The number of nitrogens with zero attached hydrogens (tertiary/aromatic N) is 9. The fraction of sp³-hybridized carbons (Fsp3) is 0.545. The molecule has 3 aromatic heterocycles. The van der Waals surface area contributed by atoms with Gasteiger partial charge in [-0.05, 0) is 36.5 Å². The van der Waals surface area contributed by atoms with Crippen LogP contribution in [0.15, 0.2) is 24.5 Å². The lowest BCUT2D eigenvalue weighted by Crippen LogP contribution is -2.54. The lowest BCUT2D eigenvalue weighted by molar-refractivity contribution is -0.146. The molecule has 3 aliphatic rings. The fourth-order valence-electron chi connectivity index (χ4n) is 4.85. The lowest BCUT2D eigenvalue weighted by Gasteiger charge is -2.37. The van der Waals surface area contributed by atoms with Crippen LogP contribution in [0.5, 0.6) is 0 Å². The van der Waals surface area contributed by atoms with Crippen molar-refractivity contribution in [3.05, 3.63) is 35.9 Å². The number of hydrogen-bond donors (Lipinski definition) is 0. The normalized spacial score (nSPS) is 22.2. The van der Waals surface area contributed by atoms with Crippen LogP contribution in [0.3, 0.4) is 0 Å². The van der Waals surface area contributed by atoms with Gasteiger partial charge < -0.3 is 14.7 Å². The van der Waals surface area contributed by atoms with Crippen molar-refractivity contribution >= 4 is 23.3 Å². The molecule has 1 saturated carbocycles. The summed E-state index contributed by atoms with van der Waals surface area (Å²) in [4.78, 5) is 26.7. The highest BCUT2D eigenvalue weighted by Crippen LogP contribution is 2.39. The Labute approximate surface area is 207 Å². The maximum Gasteiger partial charge on any atom is 0.453 e. The fourth-order valence-corrected chi connectivity index (χ4v) is 4.85. The molecule has 1 aliphatic carbocycles. The first kappa shape index (κ1) is 23.7. The molecule has 0 aromatic carbocycles. The summed E-state index contributed by atoms with van der Waals surface area (Å²) in [6, 6.07) is 1.20. The summed E-state index contributed by atoms with van der Waals surface area (Å²) >= 11 is 0. The zero-order chi connectivity index (χ0) is 25.9. The average molecular weight is 523 g/mol. The summed E-state index contributed by atoms with van der Waals surface area (Å²) in [5, 5.41) is 10.4. The third kappa shape index (κ3) is 4.50. The Morgan fingerprint density at radius 2 is 1.70 bits per heavy atom. The molecule has 0 bridgehead atoms. The van der Waals surface area contributed by atoms with Crippen molar-refractivity contribution in [2.45, 2.75) is 43.3 Å². The molecule has 6 rings (SSSR count). The van der Waals surface area contributed by atoms with Gasteiger partial charge in [0.1, 0.15) is 6.04 Å². The number of amides is 1. The Balaban J connectivity index is 1.18. The lowest BCUT2D eigenvalue weighted by atomic mass is 10.1. The van der Waals surface area contributed by atoms with E-state index >= 15 is 0 Å². The minimum Gasteiger partial charge on any atom is -0.337 e. The highest BCUT2D eigenvalue weighted by Gasteiger charge is 2.50. The largest absolute Gasteiger partial charge is 0.453 e. The van der Waals surface area contributed by atoms with Crippen LogP contribution in [0.1, 0.15) is 36.6 Å². The van der Waals surface area contributed by atoms with Crippen LogP contribution in [0, 0.1) is 0 Å². The van der Waals surface area contributed by atoms with Gasteiger partial charge in [-0.3, -0.25) is 4.79 Å². The number of carbonyl (C=O) groups is 1. The summed E-state index contributed by atoms with van der Waals surface area (Å²) in [5.41, 5.74) is 0.925. The number of piperazine rings is 1. The second-order valence-corrected chi connectivity index (χ2v) is 9.59. The first-order chi connectivity index (χ1) is 17.6. The van der Waals surface area contributed by atoms with E-state index in [1.807, 2.05) is 17.3 Å². The second kappa shape index (κ2) is 8.45. The molecule has 37 heavy (non-hydrogen) atoms. The van der Waals surface area contributed by atoms with E-state index in [9.17, 15) is 26.7 Å². The summed E-state index contributed by atoms with van der Waals surface area (Å²) < 4.78 is 69.2. The van der Waals surface area contributed by atoms with Crippen LogP contribution in [0.4, 0.5) is 33.7 Å². The van der Waals surface area contributed by atoms with Gasteiger partial charge in [-0.15, -0.1) is 15.3 Å². The molecular weight excluding hydrogens is 501 g/mol. The highest BCUT2D eigenvalue weighted by molar-refractivity contribution is 5.86. The quantitative estimate of drug-likeness (QED) is 0.481. The first-order valence-corrected chi connectivity index (χ1v) is 11.9. The van der Waals surface area contributed by atoms with Crippen molar-refractivity contribution in [3.8, 4) is 0 Å². The molecule has 0 unspecified atom stereocenters. The molecule has 5 heterocycles. The molecule has 3 fully saturated rings. The van der Waals surface area contributed by atoms with Crippen molar-refractivity contribution in [1.29, 1.82) is 0 Å². The molecule has 196 valence electrons. The SMILES string of the molecule is O=C([C@@H]1CC(F)(F)CN1c1ccc2nnc(C(F)(F)F)n2n1)N1CCN(c2ncc(C3CC3)cn2)CC1. The van der Waals surface area contributed by atoms with Crippen molar-refractivity contribution in [1.82, 2.24) is 34.7 Å². The van der Waals surface area contributed by atoms with Gasteiger partial charge in [-0.2, -0.15) is 17.7 Å². The zero-order valence-electron chi connectivity index (χ0n) is 19.4. The van der Waals surface area contributed by atoms with Crippen molar-refractivity contribution in [2.24, 2.45) is 0 Å². The number of fused-ring (bicyclic) bond motifs is 1. The number of carbonyl (C=O) groups excluding carboxylic acids is 1. The number of hydrogen-bond acceptors (Lipinski definition) is 8. The Kier molecular flexibility index (Phi) is 5.42. The molecule has 2 aliphatic heterocycles. The molecule has 1 atom stereocenters. The minimum absolute atomic E-state index is 0.184. The molecule has 10 nitrogen and oxygen atoms in total. The van der Waals surface area contributed by atoms with Crippen molar-refractivity contribution < 1.29 is 26.7 Å². The van der Waals surface area contributed by atoms with Gasteiger partial charge in [0, 0.05) is 45.0 Å². The number of aromatic nitrogens is 6. The van der Waals surface area contributed by atoms with Crippen molar-refractivity contribution in [2.75, 3.05) is 42.5 Å². The molecular formula is C22H22F5N9O.